The van der Waals surface area contributed by atoms with Crippen LogP contribution in [0.4, 0.5) is 0 Å². The summed E-state index contributed by atoms with van der Waals surface area (Å²) < 4.78 is 6.52. The van der Waals surface area contributed by atoms with Gasteiger partial charge in [0, 0.05) is 22.5 Å². The average molecular weight is 345 g/mol. The van der Waals surface area contributed by atoms with Gasteiger partial charge in [-0.2, -0.15) is 0 Å². The average Bonchev–Trinajstić information content (AvgIpc) is 2.86. The molecule has 4 nitrogen and oxygen atoms in total. The Hall–Kier alpha value is -0.910. The molecule has 0 aliphatic carbocycles. The Kier molecular flexibility index (Phi) is 5.36. The van der Waals surface area contributed by atoms with E-state index in [-0.39, 0.29) is 0 Å². The number of rotatable bonds is 6. The summed E-state index contributed by atoms with van der Waals surface area (Å²) in [7, 11) is 0. The van der Waals surface area contributed by atoms with Crippen molar-refractivity contribution in [1.82, 2.24) is 15.5 Å². The Morgan fingerprint density at radius 1 is 1.32 bits per heavy atom. The quantitative estimate of drug-likeness (QED) is 0.812. The number of hydrogen-bond acceptors (Lipinski definition) is 4. The lowest BCUT2D eigenvalue weighted by Crippen LogP contribution is -2.17. The normalized spacial score (nSPS) is 10.9. The van der Waals surface area contributed by atoms with Crippen molar-refractivity contribution >= 4 is 27.5 Å². The second-order valence-electron chi connectivity index (χ2n) is 4.13. The highest BCUT2D eigenvalue weighted by atomic mass is 79.9. The molecule has 0 fully saturated rings. The first kappa shape index (κ1) is 14.5. The number of halogens is 2. The molecular weight excluding hydrogens is 330 g/mol. The molecule has 0 saturated heterocycles. The van der Waals surface area contributed by atoms with Gasteiger partial charge in [-0.1, -0.05) is 18.5 Å². The molecular formula is C13H15BrClN3O. The molecule has 0 atom stereocenters. The fraction of sp³-hybridized carbons (Fsp3) is 0.385. The van der Waals surface area contributed by atoms with Crippen LogP contribution in [-0.4, -0.2) is 23.3 Å². The summed E-state index contributed by atoms with van der Waals surface area (Å²) in [5, 5.41) is 12.0. The standard InChI is InChI=1S/C13H15BrClN3O/c1-2-6-16-7-5-12-17-18-13(19-12)10-8-9(15)3-4-11(10)14/h3-4,8,16H,2,5-7H2,1H3. The Labute approximate surface area is 125 Å². The predicted molar refractivity (Wildman–Crippen MR) is 79.3 cm³/mol. The van der Waals surface area contributed by atoms with E-state index in [4.69, 9.17) is 16.0 Å². The van der Waals surface area contributed by atoms with Crippen molar-refractivity contribution in [2.75, 3.05) is 13.1 Å². The van der Waals surface area contributed by atoms with E-state index in [1.807, 2.05) is 6.07 Å². The monoisotopic (exact) mass is 343 g/mol. The molecule has 0 unspecified atom stereocenters. The van der Waals surface area contributed by atoms with Crippen LogP contribution in [0.2, 0.25) is 5.02 Å². The molecule has 2 aromatic rings. The number of nitrogens with zero attached hydrogens (tertiary/aromatic N) is 2. The van der Waals surface area contributed by atoms with Crippen molar-refractivity contribution in [2.45, 2.75) is 19.8 Å². The van der Waals surface area contributed by atoms with Crippen molar-refractivity contribution < 1.29 is 4.42 Å². The summed E-state index contributed by atoms with van der Waals surface area (Å²) in [6.07, 6.45) is 1.84. The zero-order valence-corrected chi connectivity index (χ0v) is 13.0. The van der Waals surface area contributed by atoms with Gasteiger partial charge in [0.1, 0.15) is 0 Å². The van der Waals surface area contributed by atoms with Gasteiger partial charge in [0.2, 0.25) is 11.8 Å². The van der Waals surface area contributed by atoms with Gasteiger partial charge >= 0.3 is 0 Å². The lowest BCUT2D eigenvalue weighted by atomic mass is 10.2. The molecule has 0 aliphatic rings. The summed E-state index contributed by atoms with van der Waals surface area (Å²) in [5.74, 6) is 1.12. The third-order valence-electron chi connectivity index (χ3n) is 2.57. The molecule has 1 aromatic heterocycles. The van der Waals surface area contributed by atoms with Crippen molar-refractivity contribution in [3.63, 3.8) is 0 Å². The zero-order valence-electron chi connectivity index (χ0n) is 10.6. The highest BCUT2D eigenvalue weighted by Gasteiger charge is 2.12. The van der Waals surface area contributed by atoms with E-state index >= 15 is 0 Å². The predicted octanol–water partition coefficient (Wildman–Crippen LogP) is 3.69. The molecule has 0 saturated carbocycles. The number of aromatic nitrogens is 2. The third-order valence-corrected chi connectivity index (χ3v) is 3.49. The van der Waals surface area contributed by atoms with Gasteiger partial charge in [-0.3, -0.25) is 0 Å². The second kappa shape index (κ2) is 7.03. The molecule has 1 N–H and O–H groups in total. The van der Waals surface area contributed by atoms with Crippen LogP contribution in [0.3, 0.4) is 0 Å². The molecule has 0 bridgehead atoms. The van der Waals surface area contributed by atoms with Crippen molar-refractivity contribution in [3.8, 4) is 11.5 Å². The van der Waals surface area contributed by atoms with Crippen molar-refractivity contribution in [1.29, 1.82) is 0 Å². The van der Waals surface area contributed by atoms with Crippen molar-refractivity contribution in [3.05, 3.63) is 33.6 Å². The molecule has 1 aromatic carbocycles. The fourth-order valence-corrected chi connectivity index (χ4v) is 2.21. The maximum atomic E-state index is 5.97. The summed E-state index contributed by atoms with van der Waals surface area (Å²) in [6.45, 7) is 3.97. The third kappa shape index (κ3) is 4.03. The summed E-state index contributed by atoms with van der Waals surface area (Å²) in [5.41, 5.74) is 0.813. The van der Waals surface area contributed by atoms with Gasteiger partial charge in [-0.05, 0) is 47.1 Å². The molecule has 0 spiro atoms. The Morgan fingerprint density at radius 3 is 2.95 bits per heavy atom. The molecule has 0 amide bonds. The number of benzene rings is 1. The van der Waals surface area contributed by atoms with E-state index in [2.05, 4.69) is 38.4 Å². The maximum Gasteiger partial charge on any atom is 0.248 e. The smallest absolute Gasteiger partial charge is 0.248 e. The second-order valence-corrected chi connectivity index (χ2v) is 5.42. The lowest BCUT2D eigenvalue weighted by Gasteiger charge is -2.00. The molecule has 1 heterocycles. The molecule has 2 rings (SSSR count). The van der Waals surface area contributed by atoms with Gasteiger partial charge in [-0.15, -0.1) is 10.2 Å². The van der Waals surface area contributed by atoms with Crippen LogP contribution < -0.4 is 5.32 Å². The van der Waals surface area contributed by atoms with E-state index in [0.29, 0.717) is 16.8 Å². The molecule has 0 aliphatic heterocycles. The Balaban J connectivity index is 2.06. The van der Waals surface area contributed by atoms with Gasteiger partial charge in [0.15, 0.2) is 0 Å². The highest BCUT2D eigenvalue weighted by molar-refractivity contribution is 9.10. The minimum Gasteiger partial charge on any atom is -0.421 e. The highest BCUT2D eigenvalue weighted by Crippen LogP contribution is 2.29. The lowest BCUT2D eigenvalue weighted by molar-refractivity contribution is 0.494. The van der Waals surface area contributed by atoms with Crippen LogP contribution >= 0.6 is 27.5 Å². The van der Waals surface area contributed by atoms with Crippen LogP contribution in [0.25, 0.3) is 11.5 Å². The van der Waals surface area contributed by atoms with Crippen LogP contribution in [0, 0.1) is 0 Å². The summed E-state index contributed by atoms with van der Waals surface area (Å²) in [6, 6.07) is 5.48. The van der Waals surface area contributed by atoms with E-state index in [1.54, 1.807) is 12.1 Å². The summed E-state index contributed by atoms with van der Waals surface area (Å²) in [4.78, 5) is 0. The first-order valence-electron chi connectivity index (χ1n) is 6.19. The maximum absolute atomic E-state index is 5.97. The topological polar surface area (TPSA) is 51.0 Å². The van der Waals surface area contributed by atoms with Gasteiger partial charge in [0.25, 0.3) is 0 Å². The minimum atomic E-state index is 0.486. The van der Waals surface area contributed by atoms with Gasteiger partial charge in [0.05, 0.1) is 5.56 Å². The van der Waals surface area contributed by atoms with Crippen LogP contribution in [0.15, 0.2) is 27.1 Å². The number of hydrogen-bond donors (Lipinski definition) is 1. The molecule has 6 heteroatoms. The summed E-state index contributed by atoms with van der Waals surface area (Å²) >= 11 is 9.42. The SMILES string of the molecule is CCCNCCc1nnc(-c2cc(Cl)ccc2Br)o1. The molecule has 102 valence electrons. The van der Waals surface area contributed by atoms with Crippen LogP contribution in [-0.2, 0) is 6.42 Å². The van der Waals surface area contributed by atoms with Crippen molar-refractivity contribution in [2.24, 2.45) is 0 Å². The van der Waals surface area contributed by atoms with Gasteiger partial charge < -0.3 is 9.73 Å². The van der Waals surface area contributed by atoms with Crippen LogP contribution in [0.5, 0.6) is 0 Å². The molecule has 19 heavy (non-hydrogen) atoms. The fourth-order valence-electron chi connectivity index (χ4n) is 1.62. The van der Waals surface area contributed by atoms with E-state index in [1.165, 1.54) is 0 Å². The zero-order chi connectivity index (χ0) is 13.7. The van der Waals surface area contributed by atoms with E-state index in [9.17, 15) is 0 Å². The Bertz CT molecular complexity index is 544. The van der Waals surface area contributed by atoms with E-state index in [0.717, 1.165) is 36.0 Å². The van der Waals surface area contributed by atoms with Gasteiger partial charge in [-0.25, -0.2) is 0 Å². The first-order chi connectivity index (χ1) is 9.20. The van der Waals surface area contributed by atoms with Crippen LogP contribution in [0.1, 0.15) is 19.2 Å². The minimum absolute atomic E-state index is 0.486. The Morgan fingerprint density at radius 2 is 2.16 bits per heavy atom. The number of nitrogens with one attached hydrogen (secondary N) is 1. The largest absolute Gasteiger partial charge is 0.421 e. The molecule has 0 radical (unpaired) electrons. The van der Waals surface area contributed by atoms with E-state index < -0.39 is 0 Å². The first-order valence-corrected chi connectivity index (χ1v) is 7.36.